The quantitative estimate of drug-likeness (QED) is 0.735. The summed E-state index contributed by atoms with van der Waals surface area (Å²) in [6, 6.07) is 6.93. The van der Waals surface area contributed by atoms with Crippen molar-refractivity contribution in [3.05, 3.63) is 30.1 Å². The SMILES string of the molecule is CC.CC(C)C1CCN(c2cccc(F)c2)CC1. The Morgan fingerprint density at radius 2 is 1.78 bits per heavy atom. The third-order valence-corrected chi connectivity index (χ3v) is 3.66. The van der Waals surface area contributed by atoms with Gasteiger partial charge in [-0.1, -0.05) is 33.8 Å². The van der Waals surface area contributed by atoms with E-state index in [0.717, 1.165) is 30.6 Å². The molecule has 18 heavy (non-hydrogen) atoms. The van der Waals surface area contributed by atoms with E-state index in [9.17, 15) is 4.39 Å². The van der Waals surface area contributed by atoms with E-state index in [1.54, 1.807) is 12.1 Å². The molecule has 1 nitrogen and oxygen atoms in total. The van der Waals surface area contributed by atoms with Crippen LogP contribution in [-0.4, -0.2) is 13.1 Å². The maximum atomic E-state index is 13.1. The van der Waals surface area contributed by atoms with Crippen LogP contribution in [0.4, 0.5) is 10.1 Å². The molecule has 2 rings (SSSR count). The van der Waals surface area contributed by atoms with E-state index < -0.39 is 0 Å². The standard InChI is InChI=1S/C14H20FN.C2H6/c1-11(2)12-6-8-16(9-7-12)14-5-3-4-13(15)10-14;1-2/h3-5,10-12H,6-9H2,1-2H3;1-2H3. The fourth-order valence-electron chi connectivity index (χ4n) is 2.50. The maximum Gasteiger partial charge on any atom is 0.125 e. The minimum atomic E-state index is -0.136. The Hall–Kier alpha value is -1.05. The van der Waals surface area contributed by atoms with Crippen molar-refractivity contribution in [1.29, 1.82) is 0 Å². The van der Waals surface area contributed by atoms with Crippen LogP contribution in [0.1, 0.15) is 40.5 Å². The van der Waals surface area contributed by atoms with E-state index in [2.05, 4.69) is 18.7 Å². The van der Waals surface area contributed by atoms with Gasteiger partial charge in [0.15, 0.2) is 0 Å². The van der Waals surface area contributed by atoms with Gasteiger partial charge in [0, 0.05) is 18.8 Å². The lowest BCUT2D eigenvalue weighted by Gasteiger charge is -2.35. The Morgan fingerprint density at radius 3 is 2.28 bits per heavy atom. The van der Waals surface area contributed by atoms with Crippen molar-refractivity contribution in [1.82, 2.24) is 0 Å². The Balaban J connectivity index is 0.000000771. The monoisotopic (exact) mass is 251 g/mol. The summed E-state index contributed by atoms with van der Waals surface area (Å²) >= 11 is 0. The molecule has 1 aromatic carbocycles. The van der Waals surface area contributed by atoms with Crippen LogP contribution >= 0.6 is 0 Å². The fourth-order valence-corrected chi connectivity index (χ4v) is 2.50. The van der Waals surface area contributed by atoms with E-state index in [0.29, 0.717) is 0 Å². The van der Waals surface area contributed by atoms with Crippen LogP contribution in [0.25, 0.3) is 0 Å². The summed E-state index contributed by atoms with van der Waals surface area (Å²) < 4.78 is 13.1. The van der Waals surface area contributed by atoms with Gasteiger partial charge in [-0.2, -0.15) is 0 Å². The molecule has 0 radical (unpaired) electrons. The summed E-state index contributed by atoms with van der Waals surface area (Å²) in [6.07, 6.45) is 2.46. The predicted molar refractivity (Wildman–Crippen MR) is 77.5 cm³/mol. The topological polar surface area (TPSA) is 3.24 Å². The molecule has 1 aliphatic heterocycles. The number of hydrogen-bond acceptors (Lipinski definition) is 1. The van der Waals surface area contributed by atoms with Gasteiger partial charge in [0.1, 0.15) is 5.82 Å². The molecule has 1 aromatic rings. The van der Waals surface area contributed by atoms with Gasteiger partial charge in [-0.25, -0.2) is 4.39 Å². The Kier molecular flexibility index (Phi) is 6.17. The first kappa shape index (κ1) is 15.0. The Bertz CT molecular complexity index is 341. The third-order valence-electron chi connectivity index (χ3n) is 3.66. The smallest absolute Gasteiger partial charge is 0.125 e. The van der Waals surface area contributed by atoms with Crippen LogP contribution in [0, 0.1) is 17.7 Å². The fraction of sp³-hybridized carbons (Fsp3) is 0.625. The molecule has 0 atom stereocenters. The Labute approximate surface area is 111 Å². The number of benzene rings is 1. The summed E-state index contributed by atoms with van der Waals surface area (Å²) in [7, 11) is 0. The van der Waals surface area contributed by atoms with Gasteiger partial charge >= 0.3 is 0 Å². The average Bonchev–Trinajstić information content (AvgIpc) is 2.41. The highest BCUT2D eigenvalue weighted by Crippen LogP contribution is 2.27. The molecular formula is C16H26FN. The maximum absolute atomic E-state index is 13.1. The Morgan fingerprint density at radius 1 is 1.17 bits per heavy atom. The molecule has 0 bridgehead atoms. The summed E-state index contributed by atoms with van der Waals surface area (Å²) in [6.45, 7) is 10.7. The van der Waals surface area contributed by atoms with Gasteiger partial charge < -0.3 is 4.90 Å². The first-order valence-electron chi connectivity index (χ1n) is 7.17. The van der Waals surface area contributed by atoms with Crippen molar-refractivity contribution in [3.8, 4) is 0 Å². The largest absolute Gasteiger partial charge is 0.371 e. The van der Waals surface area contributed by atoms with Crippen LogP contribution in [0.15, 0.2) is 24.3 Å². The van der Waals surface area contributed by atoms with Gasteiger partial charge in [0.25, 0.3) is 0 Å². The number of rotatable bonds is 2. The van der Waals surface area contributed by atoms with E-state index in [1.165, 1.54) is 18.9 Å². The molecule has 0 aliphatic carbocycles. The van der Waals surface area contributed by atoms with E-state index in [1.807, 2.05) is 19.9 Å². The summed E-state index contributed by atoms with van der Waals surface area (Å²) in [5, 5.41) is 0. The minimum absolute atomic E-state index is 0.136. The van der Waals surface area contributed by atoms with Crippen molar-refractivity contribution >= 4 is 5.69 Å². The molecule has 102 valence electrons. The second-order valence-corrected chi connectivity index (χ2v) is 5.05. The van der Waals surface area contributed by atoms with Gasteiger partial charge in [-0.15, -0.1) is 0 Å². The molecule has 1 saturated heterocycles. The number of nitrogens with zero attached hydrogens (tertiary/aromatic N) is 1. The first-order valence-corrected chi connectivity index (χ1v) is 7.17. The van der Waals surface area contributed by atoms with Crippen molar-refractivity contribution in [2.24, 2.45) is 11.8 Å². The summed E-state index contributed by atoms with van der Waals surface area (Å²) in [5.41, 5.74) is 1.03. The molecule has 0 spiro atoms. The molecule has 0 N–H and O–H groups in total. The molecule has 2 heteroatoms. The lowest BCUT2D eigenvalue weighted by Crippen LogP contribution is -2.35. The number of hydrogen-bond donors (Lipinski definition) is 0. The number of anilines is 1. The van der Waals surface area contributed by atoms with E-state index >= 15 is 0 Å². The highest BCUT2D eigenvalue weighted by atomic mass is 19.1. The van der Waals surface area contributed by atoms with Gasteiger partial charge in [-0.05, 0) is 42.9 Å². The van der Waals surface area contributed by atoms with Crippen LogP contribution in [0.5, 0.6) is 0 Å². The van der Waals surface area contributed by atoms with Crippen LogP contribution in [0.3, 0.4) is 0 Å². The van der Waals surface area contributed by atoms with E-state index in [-0.39, 0.29) is 5.82 Å². The number of piperidine rings is 1. The molecule has 0 unspecified atom stereocenters. The van der Waals surface area contributed by atoms with Crippen molar-refractivity contribution < 1.29 is 4.39 Å². The van der Waals surface area contributed by atoms with Gasteiger partial charge in [0.05, 0.1) is 0 Å². The normalized spacial score (nSPS) is 16.4. The third kappa shape index (κ3) is 4.01. The number of halogens is 1. The lowest BCUT2D eigenvalue weighted by atomic mass is 9.86. The van der Waals surface area contributed by atoms with Crippen LogP contribution in [-0.2, 0) is 0 Å². The summed E-state index contributed by atoms with van der Waals surface area (Å²) in [4.78, 5) is 2.29. The molecular weight excluding hydrogens is 225 g/mol. The van der Waals surface area contributed by atoms with Crippen molar-refractivity contribution in [2.75, 3.05) is 18.0 Å². The van der Waals surface area contributed by atoms with Gasteiger partial charge in [-0.3, -0.25) is 0 Å². The molecule has 0 amide bonds. The average molecular weight is 251 g/mol. The molecule has 1 heterocycles. The van der Waals surface area contributed by atoms with Crippen LogP contribution in [0.2, 0.25) is 0 Å². The molecule has 0 saturated carbocycles. The molecule has 0 aromatic heterocycles. The second-order valence-electron chi connectivity index (χ2n) is 5.05. The lowest BCUT2D eigenvalue weighted by molar-refractivity contribution is 0.311. The van der Waals surface area contributed by atoms with Crippen molar-refractivity contribution in [3.63, 3.8) is 0 Å². The minimum Gasteiger partial charge on any atom is -0.371 e. The zero-order valence-corrected chi connectivity index (χ0v) is 12.1. The zero-order valence-electron chi connectivity index (χ0n) is 12.1. The highest BCUT2D eigenvalue weighted by Gasteiger charge is 2.21. The zero-order chi connectivity index (χ0) is 13.5. The van der Waals surface area contributed by atoms with E-state index in [4.69, 9.17) is 0 Å². The highest BCUT2D eigenvalue weighted by molar-refractivity contribution is 5.46. The molecule has 1 fully saturated rings. The second kappa shape index (κ2) is 7.40. The van der Waals surface area contributed by atoms with Crippen LogP contribution < -0.4 is 4.90 Å². The summed E-state index contributed by atoms with van der Waals surface area (Å²) in [5.74, 6) is 1.47. The predicted octanol–water partition coefficient (Wildman–Crippen LogP) is 4.72. The molecule has 1 aliphatic rings. The first-order chi connectivity index (χ1) is 8.66. The van der Waals surface area contributed by atoms with Gasteiger partial charge in [0.2, 0.25) is 0 Å². The van der Waals surface area contributed by atoms with Crippen molar-refractivity contribution in [2.45, 2.75) is 40.5 Å².